The number of urea groups is 1. The first kappa shape index (κ1) is 17.7. The molecule has 0 bridgehead atoms. The van der Waals surface area contributed by atoms with Crippen LogP contribution >= 0.6 is 0 Å². The first-order chi connectivity index (χ1) is 12.1. The van der Waals surface area contributed by atoms with E-state index in [9.17, 15) is 14.7 Å². The third-order valence-corrected chi connectivity index (χ3v) is 5.46. The van der Waals surface area contributed by atoms with Crippen molar-refractivity contribution in [3.05, 3.63) is 29.8 Å². The Morgan fingerprint density at radius 1 is 1.08 bits per heavy atom. The zero-order valence-corrected chi connectivity index (χ0v) is 14.7. The molecule has 1 aliphatic heterocycles. The Kier molecular flexibility index (Phi) is 5.58. The van der Waals surface area contributed by atoms with Crippen LogP contribution in [0.15, 0.2) is 24.3 Å². The molecule has 0 spiro atoms. The maximum atomic E-state index is 12.7. The van der Waals surface area contributed by atoms with Crippen LogP contribution < -0.4 is 10.6 Å². The van der Waals surface area contributed by atoms with Gasteiger partial charge in [0.15, 0.2) is 0 Å². The van der Waals surface area contributed by atoms with Crippen molar-refractivity contribution in [2.45, 2.75) is 50.7 Å². The van der Waals surface area contributed by atoms with Gasteiger partial charge in [0, 0.05) is 36.8 Å². The molecule has 3 rings (SSSR count). The number of aliphatic hydroxyl groups is 1. The molecule has 1 saturated carbocycles. The maximum Gasteiger partial charge on any atom is 0.322 e. The normalized spacial score (nSPS) is 26.3. The highest BCUT2D eigenvalue weighted by Crippen LogP contribution is 2.34. The first-order valence-electron chi connectivity index (χ1n) is 9.18. The van der Waals surface area contributed by atoms with Gasteiger partial charge in [-0.3, -0.25) is 4.79 Å². The van der Waals surface area contributed by atoms with Gasteiger partial charge in [0.25, 0.3) is 5.91 Å². The van der Waals surface area contributed by atoms with Crippen LogP contribution in [0.25, 0.3) is 0 Å². The largest absolute Gasteiger partial charge is 0.393 e. The molecular formula is C19H27N3O3. The van der Waals surface area contributed by atoms with Crippen molar-refractivity contribution in [3.63, 3.8) is 0 Å². The highest BCUT2D eigenvalue weighted by molar-refractivity contribution is 5.95. The minimum absolute atomic E-state index is 0.118. The van der Waals surface area contributed by atoms with Crippen molar-refractivity contribution in [2.24, 2.45) is 5.92 Å². The molecule has 1 heterocycles. The van der Waals surface area contributed by atoms with Gasteiger partial charge in [-0.2, -0.15) is 0 Å². The van der Waals surface area contributed by atoms with Crippen LogP contribution in [0.5, 0.6) is 0 Å². The van der Waals surface area contributed by atoms with Gasteiger partial charge in [-0.1, -0.05) is 12.8 Å². The van der Waals surface area contributed by atoms with Gasteiger partial charge in [0.2, 0.25) is 0 Å². The molecule has 1 aliphatic carbocycles. The molecular weight excluding hydrogens is 318 g/mol. The molecule has 25 heavy (non-hydrogen) atoms. The topological polar surface area (TPSA) is 81.7 Å². The Morgan fingerprint density at radius 2 is 1.80 bits per heavy atom. The van der Waals surface area contributed by atoms with Crippen molar-refractivity contribution in [2.75, 3.05) is 18.9 Å². The average molecular weight is 345 g/mol. The van der Waals surface area contributed by atoms with E-state index in [1.165, 1.54) is 0 Å². The lowest BCUT2D eigenvalue weighted by Crippen LogP contribution is -2.46. The lowest BCUT2D eigenvalue weighted by molar-refractivity contribution is 0.0320. The molecule has 1 aromatic carbocycles. The number of carbonyl (C=O) groups excluding carboxylic acids is 2. The molecule has 136 valence electrons. The Hall–Kier alpha value is -2.08. The first-order valence-corrected chi connectivity index (χ1v) is 9.18. The highest BCUT2D eigenvalue weighted by atomic mass is 16.3. The summed E-state index contributed by atoms with van der Waals surface area (Å²) in [6, 6.07) is 6.88. The highest BCUT2D eigenvalue weighted by Gasteiger charge is 2.39. The minimum Gasteiger partial charge on any atom is -0.393 e. The second-order valence-electron chi connectivity index (χ2n) is 7.01. The van der Waals surface area contributed by atoms with E-state index >= 15 is 0 Å². The Balaban J connectivity index is 1.64. The van der Waals surface area contributed by atoms with E-state index in [4.69, 9.17) is 0 Å². The summed E-state index contributed by atoms with van der Waals surface area (Å²) in [6.45, 7) is 0.732. The number of aliphatic hydroxyl groups excluding tert-OH is 1. The lowest BCUT2D eigenvalue weighted by atomic mass is 9.80. The average Bonchev–Trinajstić information content (AvgIpc) is 3.11. The predicted octanol–water partition coefficient (Wildman–Crippen LogP) is 2.59. The van der Waals surface area contributed by atoms with Crippen LogP contribution in [0.4, 0.5) is 10.5 Å². The molecule has 3 N–H and O–H groups in total. The van der Waals surface area contributed by atoms with Gasteiger partial charge in [-0.05, 0) is 49.9 Å². The fraction of sp³-hybridized carbons (Fsp3) is 0.579. The van der Waals surface area contributed by atoms with Crippen LogP contribution in [0.1, 0.15) is 48.9 Å². The number of amides is 3. The third-order valence-electron chi connectivity index (χ3n) is 5.46. The van der Waals surface area contributed by atoms with E-state index in [0.29, 0.717) is 11.3 Å². The SMILES string of the molecule is CNC(=O)c1ccc(NC(=O)N2CCCC2C2CCCCC2O)cc1. The molecule has 6 heteroatoms. The summed E-state index contributed by atoms with van der Waals surface area (Å²) in [4.78, 5) is 26.2. The van der Waals surface area contributed by atoms with Gasteiger partial charge >= 0.3 is 6.03 Å². The zero-order chi connectivity index (χ0) is 17.8. The van der Waals surface area contributed by atoms with E-state index in [1.807, 2.05) is 4.90 Å². The summed E-state index contributed by atoms with van der Waals surface area (Å²) in [6.07, 6.45) is 5.71. The van der Waals surface area contributed by atoms with Crippen molar-refractivity contribution in [1.29, 1.82) is 0 Å². The minimum atomic E-state index is -0.293. The zero-order valence-electron chi connectivity index (χ0n) is 14.7. The van der Waals surface area contributed by atoms with Crippen LogP contribution in [-0.4, -0.2) is 47.7 Å². The number of likely N-dealkylation sites (tertiary alicyclic amines) is 1. The van der Waals surface area contributed by atoms with Gasteiger partial charge in [-0.15, -0.1) is 0 Å². The number of nitrogens with zero attached hydrogens (tertiary/aromatic N) is 1. The quantitative estimate of drug-likeness (QED) is 0.787. The maximum absolute atomic E-state index is 12.7. The lowest BCUT2D eigenvalue weighted by Gasteiger charge is -2.37. The van der Waals surface area contributed by atoms with Gasteiger partial charge in [-0.25, -0.2) is 4.79 Å². The van der Waals surface area contributed by atoms with E-state index in [2.05, 4.69) is 10.6 Å². The number of nitrogens with one attached hydrogen (secondary N) is 2. The van der Waals surface area contributed by atoms with Crippen LogP contribution in [0.3, 0.4) is 0 Å². The molecule has 6 nitrogen and oxygen atoms in total. The Labute approximate surface area is 148 Å². The van der Waals surface area contributed by atoms with E-state index in [-0.39, 0.29) is 30.0 Å². The molecule has 0 radical (unpaired) electrons. The summed E-state index contributed by atoms with van der Waals surface area (Å²) < 4.78 is 0. The standard InChI is InChI=1S/C19H27N3O3/c1-20-18(24)13-8-10-14(11-9-13)21-19(25)22-12-4-6-16(22)15-5-2-3-7-17(15)23/h8-11,15-17,23H,2-7,12H2,1H3,(H,20,24)(H,21,25). The van der Waals surface area contributed by atoms with E-state index < -0.39 is 0 Å². The smallest absolute Gasteiger partial charge is 0.322 e. The molecule has 1 aromatic rings. The second kappa shape index (κ2) is 7.87. The molecule has 2 aliphatic rings. The molecule has 0 aromatic heterocycles. The molecule has 3 amide bonds. The summed E-state index contributed by atoms with van der Waals surface area (Å²) in [5, 5.41) is 15.8. The number of hydrogen-bond donors (Lipinski definition) is 3. The Morgan fingerprint density at radius 3 is 2.48 bits per heavy atom. The predicted molar refractivity (Wildman–Crippen MR) is 96.5 cm³/mol. The number of rotatable bonds is 3. The van der Waals surface area contributed by atoms with E-state index in [1.54, 1.807) is 31.3 Å². The fourth-order valence-corrected chi connectivity index (χ4v) is 4.12. The van der Waals surface area contributed by atoms with Crippen molar-refractivity contribution in [1.82, 2.24) is 10.2 Å². The van der Waals surface area contributed by atoms with Gasteiger partial charge < -0.3 is 20.6 Å². The van der Waals surface area contributed by atoms with Crippen molar-refractivity contribution >= 4 is 17.6 Å². The third kappa shape index (κ3) is 3.95. The number of anilines is 1. The number of hydrogen-bond acceptors (Lipinski definition) is 3. The van der Waals surface area contributed by atoms with Crippen LogP contribution in [0, 0.1) is 5.92 Å². The number of carbonyl (C=O) groups is 2. The van der Waals surface area contributed by atoms with E-state index in [0.717, 1.165) is 45.1 Å². The molecule has 2 fully saturated rings. The second-order valence-corrected chi connectivity index (χ2v) is 7.01. The Bertz CT molecular complexity index is 617. The van der Waals surface area contributed by atoms with Gasteiger partial charge in [0.1, 0.15) is 0 Å². The summed E-state index contributed by atoms with van der Waals surface area (Å²) in [5.41, 5.74) is 1.23. The molecule has 3 unspecified atom stereocenters. The number of benzene rings is 1. The summed E-state index contributed by atoms with van der Waals surface area (Å²) >= 11 is 0. The van der Waals surface area contributed by atoms with Crippen LogP contribution in [0.2, 0.25) is 0 Å². The summed E-state index contributed by atoms with van der Waals surface area (Å²) in [7, 11) is 1.59. The van der Waals surface area contributed by atoms with Gasteiger partial charge in [0.05, 0.1) is 6.10 Å². The fourth-order valence-electron chi connectivity index (χ4n) is 4.12. The van der Waals surface area contributed by atoms with Crippen molar-refractivity contribution in [3.8, 4) is 0 Å². The monoisotopic (exact) mass is 345 g/mol. The molecule has 3 atom stereocenters. The molecule has 1 saturated heterocycles. The van der Waals surface area contributed by atoms with Crippen molar-refractivity contribution < 1.29 is 14.7 Å². The summed E-state index contributed by atoms with van der Waals surface area (Å²) in [5.74, 6) is 0.0430. The van der Waals surface area contributed by atoms with Crippen LogP contribution in [-0.2, 0) is 0 Å².